The van der Waals surface area contributed by atoms with Gasteiger partial charge in [-0.05, 0) is 30.5 Å². The summed E-state index contributed by atoms with van der Waals surface area (Å²) in [7, 11) is 0. The molecule has 0 radical (unpaired) electrons. The highest BCUT2D eigenvalue weighted by Gasteiger charge is 2.48. The molecule has 0 spiro atoms. The largest absolute Gasteiger partial charge is 0.491 e. The smallest absolute Gasteiger partial charge is 0.296 e. The van der Waals surface area contributed by atoms with Gasteiger partial charge in [-0.15, -0.1) is 0 Å². The average Bonchev–Trinajstić information content (AvgIpc) is 3.59. The zero-order chi connectivity index (χ0) is 23.2. The van der Waals surface area contributed by atoms with Gasteiger partial charge < -0.3 is 40.1 Å². The van der Waals surface area contributed by atoms with Crippen molar-refractivity contribution in [1.29, 1.82) is 0 Å². The lowest BCUT2D eigenvalue weighted by Crippen LogP contribution is -2.34. The lowest BCUT2D eigenvalue weighted by Gasteiger charge is -2.15. The standard InChI is InChI=1S/C22H25ClN6O5/c23-12-6-14-21(29-22(27-14)34-16-9-33-18-15(30)8-32-19(16)18)28-20(12)26-13-2-1-10-5-11(31-4-3-24)7-25-17(10)13/h5-7,13,15-16,18-19,30H,1-4,8-9,24H2,(H2,26,27,28,29)/t13?,15-,16-,18-,19-/m1/s1. The Morgan fingerprint density at radius 1 is 1.24 bits per heavy atom. The maximum Gasteiger partial charge on any atom is 0.296 e. The SMILES string of the molecule is NCCOc1cnc2c(c1)CCC2Nc1nc2nc(O[C@@H]3CO[C@H]4[C@@H]3OC[C@H]4O)[nH]c2cc1Cl. The van der Waals surface area contributed by atoms with Gasteiger partial charge >= 0.3 is 0 Å². The Labute approximate surface area is 199 Å². The van der Waals surface area contributed by atoms with E-state index in [-0.39, 0.29) is 31.0 Å². The molecule has 3 aromatic heterocycles. The number of aromatic nitrogens is 4. The number of pyridine rings is 2. The van der Waals surface area contributed by atoms with Crippen LogP contribution < -0.4 is 20.5 Å². The predicted octanol–water partition coefficient (Wildman–Crippen LogP) is 1.35. The van der Waals surface area contributed by atoms with Gasteiger partial charge in [-0.2, -0.15) is 4.98 Å². The number of halogens is 1. The second kappa shape index (κ2) is 8.82. The van der Waals surface area contributed by atoms with Crippen molar-refractivity contribution in [3.63, 3.8) is 0 Å². The summed E-state index contributed by atoms with van der Waals surface area (Å²) >= 11 is 6.53. The molecule has 3 aliphatic rings. The Morgan fingerprint density at radius 3 is 3.00 bits per heavy atom. The van der Waals surface area contributed by atoms with Gasteiger partial charge in [0.2, 0.25) is 0 Å². The topological polar surface area (TPSA) is 150 Å². The van der Waals surface area contributed by atoms with Gasteiger partial charge in [0, 0.05) is 6.54 Å². The highest BCUT2D eigenvalue weighted by molar-refractivity contribution is 6.33. The maximum absolute atomic E-state index is 9.91. The van der Waals surface area contributed by atoms with Crippen molar-refractivity contribution in [3.8, 4) is 11.8 Å². The third-order valence-corrected chi connectivity index (χ3v) is 6.64. The minimum absolute atomic E-state index is 0.0193. The van der Waals surface area contributed by atoms with Crippen molar-refractivity contribution < 1.29 is 24.1 Å². The summed E-state index contributed by atoms with van der Waals surface area (Å²) < 4.78 is 22.8. The van der Waals surface area contributed by atoms with E-state index >= 15 is 0 Å². The first-order valence-electron chi connectivity index (χ1n) is 11.3. The van der Waals surface area contributed by atoms with E-state index in [9.17, 15) is 5.11 Å². The molecule has 12 heteroatoms. The number of aromatic amines is 1. The molecule has 5 atom stereocenters. The lowest BCUT2D eigenvalue weighted by molar-refractivity contribution is 0.00706. The van der Waals surface area contributed by atoms with Gasteiger partial charge in [0.05, 0.1) is 41.7 Å². The molecule has 2 saturated heterocycles. The second-order valence-corrected chi connectivity index (χ2v) is 9.05. The van der Waals surface area contributed by atoms with Gasteiger partial charge in [-0.1, -0.05) is 11.6 Å². The fourth-order valence-corrected chi connectivity index (χ4v) is 4.96. The molecule has 5 heterocycles. The van der Waals surface area contributed by atoms with Crippen LogP contribution in [0.2, 0.25) is 5.02 Å². The van der Waals surface area contributed by atoms with Crippen LogP contribution in [0.5, 0.6) is 11.8 Å². The molecule has 180 valence electrons. The highest BCUT2D eigenvalue weighted by Crippen LogP contribution is 2.36. The Hall–Kier alpha value is -2.70. The van der Waals surface area contributed by atoms with Crippen LogP contribution in [-0.2, 0) is 15.9 Å². The van der Waals surface area contributed by atoms with E-state index < -0.39 is 6.10 Å². The first-order chi connectivity index (χ1) is 16.6. The van der Waals surface area contributed by atoms with Crippen molar-refractivity contribution in [1.82, 2.24) is 19.9 Å². The van der Waals surface area contributed by atoms with E-state index in [1.165, 1.54) is 0 Å². The van der Waals surface area contributed by atoms with Gasteiger partial charge in [0.1, 0.15) is 36.5 Å². The van der Waals surface area contributed by atoms with Crippen LogP contribution in [0.4, 0.5) is 5.82 Å². The van der Waals surface area contributed by atoms with E-state index in [1.54, 1.807) is 12.3 Å². The number of hydrogen-bond acceptors (Lipinski definition) is 10. The first-order valence-corrected chi connectivity index (χ1v) is 11.7. The van der Waals surface area contributed by atoms with Crippen LogP contribution in [-0.4, -0.2) is 75.8 Å². The molecule has 11 nitrogen and oxygen atoms in total. The zero-order valence-electron chi connectivity index (χ0n) is 18.2. The number of imidazole rings is 1. The van der Waals surface area contributed by atoms with Crippen molar-refractivity contribution in [2.75, 3.05) is 31.7 Å². The van der Waals surface area contributed by atoms with Crippen LogP contribution in [0, 0.1) is 0 Å². The number of nitrogens with zero attached hydrogens (tertiary/aromatic N) is 3. The molecule has 5 N–H and O–H groups in total. The number of fused-ring (bicyclic) bond motifs is 3. The van der Waals surface area contributed by atoms with E-state index in [0.29, 0.717) is 47.8 Å². The van der Waals surface area contributed by atoms with E-state index in [2.05, 4.69) is 25.3 Å². The number of aryl methyl sites for hydroxylation is 1. The van der Waals surface area contributed by atoms with Gasteiger partial charge in [0.15, 0.2) is 11.8 Å². The van der Waals surface area contributed by atoms with Crippen molar-refractivity contribution in [2.24, 2.45) is 5.73 Å². The normalized spacial score (nSPS) is 27.7. The number of aliphatic hydroxyl groups is 1. The summed E-state index contributed by atoms with van der Waals surface area (Å²) in [5.74, 6) is 1.25. The molecular formula is C22H25ClN6O5. The number of ether oxygens (including phenoxy) is 4. The van der Waals surface area contributed by atoms with Gasteiger partial charge in [-0.25, -0.2) is 4.98 Å². The van der Waals surface area contributed by atoms with Gasteiger partial charge in [-0.3, -0.25) is 4.98 Å². The Bertz CT molecular complexity index is 1210. The molecular weight excluding hydrogens is 464 g/mol. The molecule has 34 heavy (non-hydrogen) atoms. The maximum atomic E-state index is 9.91. The summed E-state index contributed by atoms with van der Waals surface area (Å²) in [6.07, 6.45) is 1.76. The summed E-state index contributed by atoms with van der Waals surface area (Å²) in [4.78, 5) is 16.8. The summed E-state index contributed by atoms with van der Waals surface area (Å²) in [5.41, 5.74) is 8.73. The number of rotatable bonds is 7. The number of nitrogens with two attached hydrogens (primary N) is 1. The fraction of sp³-hybridized carbons (Fsp3) is 0.500. The Kier molecular flexibility index (Phi) is 5.66. The van der Waals surface area contributed by atoms with Gasteiger partial charge in [0.25, 0.3) is 6.01 Å². The summed E-state index contributed by atoms with van der Waals surface area (Å²) in [6.45, 7) is 1.47. The van der Waals surface area contributed by atoms with E-state index in [0.717, 1.165) is 29.8 Å². The second-order valence-electron chi connectivity index (χ2n) is 8.64. The fourth-order valence-electron chi connectivity index (χ4n) is 4.75. The van der Waals surface area contributed by atoms with Crippen LogP contribution >= 0.6 is 11.6 Å². The molecule has 0 saturated carbocycles. The molecule has 6 rings (SSSR count). The first kappa shape index (κ1) is 21.8. The van der Waals surface area contributed by atoms with Crippen molar-refractivity contribution in [3.05, 3.63) is 34.6 Å². The van der Waals surface area contributed by atoms with Crippen LogP contribution in [0.15, 0.2) is 18.3 Å². The van der Waals surface area contributed by atoms with Crippen molar-refractivity contribution in [2.45, 2.75) is 43.3 Å². The third kappa shape index (κ3) is 3.93. The number of nitrogens with one attached hydrogen (secondary N) is 2. The Balaban J connectivity index is 1.18. The molecule has 0 aromatic carbocycles. The summed E-state index contributed by atoms with van der Waals surface area (Å²) in [5, 5.41) is 13.8. The molecule has 1 aliphatic carbocycles. The number of aliphatic hydroxyl groups excluding tert-OH is 1. The van der Waals surface area contributed by atoms with E-state index in [4.69, 9.17) is 36.3 Å². The van der Waals surface area contributed by atoms with Crippen LogP contribution in [0.25, 0.3) is 11.2 Å². The third-order valence-electron chi connectivity index (χ3n) is 6.36. The lowest BCUT2D eigenvalue weighted by atomic mass is 10.1. The molecule has 0 amide bonds. The van der Waals surface area contributed by atoms with Crippen molar-refractivity contribution >= 4 is 28.6 Å². The Morgan fingerprint density at radius 2 is 2.12 bits per heavy atom. The monoisotopic (exact) mass is 488 g/mol. The number of hydrogen-bond donors (Lipinski definition) is 4. The minimum Gasteiger partial charge on any atom is -0.491 e. The molecule has 1 unspecified atom stereocenters. The average molecular weight is 489 g/mol. The van der Waals surface area contributed by atoms with E-state index in [1.807, 2.05) is 6.07 Å². The molecule has 3 aromatic rings. The summed E-state index contributed by atoms with van der Waals surface area (Å²) in [6, 6.07) is 4.06. The quantitative estimate of drug-likeness (QED) is 0.383. The molecule has 2 fully saturated rings. The number of anilines is 1. The van der Waals surface area contributed by atoms with Crippen LogP contribution in [0.3, 0.4) is 0 Å². The highest BCUT2D eigenvalue weighted by atomic mass is 35.5. The number of H-pyrrole nitrogens is 1. The molecule has 2 aliphatic heterocycles. The zero-order valence-corrected chi connectivity index (χ0v) is 19.0. The predicted molar refractivity (Wildman–Crippen MR) is 122 cm³/mol. The minimum atomic E-state index is -0.636. The van der Waals surface area contributed by atoms with Crippen LogP contribution in [0.1, 0.15) is 23.7 Å². The molecule has 0 bridgehead atoms.